The van der Waals surface area contributed by atoms with Gasteiger partial charge in [0.15, 0.2) is 5.13 Å². The molecule has 2 aliphatic heterocycles. The topological polar surface area (TPSA) is 100 Å². The Labute approximate surface area is 219 Å². The lowest BCUT2D eigenvalue weighted by molar-refractivity contribution is 0.362. The van der Waals surface area contributed by atoms with Crippen LogP contribution in [0.5, 0.6) is 5.75 Å². The number of hydrogen-bond acceptors (Lipinski definition) is 8. The Morgan fingerprint density at radius 3 is 2.42 bits per heavy atom. The van der Waals surface area contributed by atoms with Gasteiger partial charge in [0.2, 0.25) is 20.0 Å². The van der Waals surface area contributed by atoms with Gasteiger partial charge in [-0.25, -0.2) is 21.8 Å². The second-order valence-electron chi connectivity index (χ2n) is 9.55. The summed E-state index contributed by atoms with van der Waals surface area (Å²) in [6.45, 7) is 8.10. The standard InChI is InChI=1S/C24H36N4O5S3/c1-18-17-22(33-4)19(2)20(3)23(18)36(31,32)28-10-5-7-21(28)8-6-16-35(29,30)27-13-11-26(12-14-27)24-25-9-15-34-24/h9,15,17,21H,5-8,10-14,16H2,1-4H3/t21-/m0/s1. The van der Waals surface area contributed by atoms with Gasteiger partial charge in [0.1, 0.15) is 5.75 Å². The normalized spacial score (nSPS) is 20.2. The van der Waals surface area contributed by atoms with Crippen LogP contribution in [0.3, 0.4) is 0 Å². The molecule has 200 valence electrons. The maximum atomic E-state index is 13.7. The van der Waals surface area contributed by atoms with E-state index in [0.717, 1.165) is 23.5 Å². The van der Waals surface area contributed by atoms with Crippen LogP contribution in [-0.2, 0) is 20.0 Å². The van der Waals surface area contributed by atoms with Gasteiger partial charge in [-0.1, -0.05) is 0 Å². The highest BCUT2D eigenvalue weighted by Crippen LogP contribution is 2.36. The van der Waals surface area contributed by atoms with Gasteiger partial charge >= 0.3 is 0 Å². The van der Waals surface area contributed by atoms with Crippen LogP contribution in [0.25, 0.3) is 0 Å². The minimum absolute atomic E-state index is 0.0361. The van der Waals surface area contributed by atoms with Crippen molar-refractivity contribution in [2.45, 2.75) is 57.4 Å². The average molecular weight is 557 g/mol. The quantitative estimate of drug-likeness (QED) is 0.468. The molecule has 1 aromatic heterocycles. The largest absolute Gasteiger partial charge is 0.496 e. The minimum atomic E-state index is -3.70. The molecular weight excluding hydrogens is 520 g/mol. The number of sulfonamides is 2. The van der Waals surface area contributed by atoms with Crippen molar-refractivity contribution < 1.29 is 21.6 Å². The van der Waals surface area contributed by atoms with E-state index in [4.69, 9.17) is 4.74 Å². The Bertz CT molecular complexity index is 1270. The van der Waals surface area contributed by atoms with Crippen molar-refractivity contribution in [3.63, 3.8) is 0 Å². The van der Waals surface area contributed by atoms with Crippen LogP contribution in [-0.4, -0.2) is 82.1 Å². The molecule has 12 heteroatoms. The first-order chi connectivity index (χ1) is 17.1. The zero-order valence-electron chi connectivity index (χ0n) is 21.4. The number of benzene rings is 1. The Morgan fingerprint density at radius 2 is 1.78 bits per heavy atom. The number of rotatable bonds is 9. The van der Waals surface area contributed by atoms with E-state index in [1.165, 1.54) is 0 Å². The van der Waals surface area contributed by atoms with Crippen LogP contribution in [0, 0.1) is 20.8 Å². The maximum absolute atomic E-state index is 13.7. The summed E-state index contributed by atoms with van der Waals surface area (Å²) in [4.78, 5) is 6.77. The van der Waals surface area contributed by atoms with E-state index in [2.05, 4.69) is 9.88 Å². The smallest absolute Gasteiger partial charge is 0.243 e. The van der Waals surface area contributed by atoms with Crippen molar-refractivity contribution >= 4 is 36.5 Å². The first-order valence-corrected chi connectivity index (χ1v) is 16.3. The summed E-state index contributed by atoms with van der Waals surface area (Å²) in [7, 11) is -5.51. The van der Waals surface area contributed by atoms with Gasteiger partial charge in [-0.05, 0) is 69.2 Å². The van der Waals surface area contributed by atoms with E-state index in [0.29, 0.717) is 67.3 Å². The van der Waals surface area contributed by atoms with Crippen LogP contribution in [0.4, 0.5) is 5.13 Å². The molecule has 9 nitrogen and oxygen atoms in total. The third-order valence-electron chi connectivity index (χ3n) is 7.35. The third kappa shape index (κ3) is 5.42. The molecule has 0 aliphatic carbocycles. The number of aromatic nitrogens is 1. The van der Waals surface area contributed by atoms with Crippen molar-refractivity contribution in [2.24, 2.45) is 0 Å². The lowest BCUT2D eigenvalue weighted by Crippen LogP contribution is -2.49. The number of methoxy groups -OCH3 is 1. The number of aryl methyl sites for hydroxylation is 1. The highest BCUT2D eigenvalue weighted by molar-refractivity contribution is 7.89. The molecule has 2 aliphatic rings. The van der Waals surface area contributed by atoms with Crippen LogP contribution < -0.4 is 9.64 Å². The highest BCUT2D eigenvalue weighted by Gasteiger charge is 2.37. The Balaban J connectivity index is 1.38. The second kappa shape index (κ2) is 10.9. The molecule has 1 aromatic carbocycles. The molecule has 1 atom stereocenters. The number of hydrogen-bond donors (Lipinski definition) is 0. The summed E-state index contributed by atoms with van der Waals surface area (Å²) in [5.41, 5.74) is 2.19. The monoisotopic (exact) mass is 556 g/mol. The second-order valence-corrected chi connectivity index (χ2v) is 14.3. The number of nitrogens with zero attached hydrogens (tertiary/aromatic N) is 4. The van der Waals surface area contributed by atoms with Crippen molar-refractivity contribution in [1.29, 1.82) is 0 Å². The number of ether oxygens (including phenoxy) is 1. The van der Waals surface area contributed by atoms with Crippen LogP contribution in [0.2, 0.25) is 0 Å². The van der Waals surface area contributed by atoms with Crippen molar-refractivity contribution in [2.75, 3.05) is 50.5 Å². The summed E-state index contributed by atoms with van der Waals surface area (Å²) in [5, 5.41) is 2.84. The molecule has 0 unspecified atom stereocenters. The predicted octanol–water partition coefficient (Wildman–Crippen LogP) is 3.16. The van der Waals surface area contributed by atoms with Crippen molar-refractivity contribution in [3.05, 3.63) is 34.3 Å². The van der Waals surface area contributed by atoms with Crippen LogP contribution in [0.15, 0.2) is 22.5 Å². The molecule has 2 fully saturated rings. The van der Waals surface area contributed by atoms with E-state index in [9.17, 15) is 16.8 Å². The zero-order valence-corrected chi connectivity index (χ0v) is 23.9. The molecule has 36 heavy (non-hydrogen) atoms. The fourth-order valence-electron chi connectivity index (χ4n) is 5.32. The van der Waals surface area contributed by atoms with Gasteiger partial charge in [-0.3, -0.25) is 0 Å². The molecule has 0 bridgehead atoms. The highest BCUT2D eigenvalue weighted by atomic mass is 32.2. The third-order valence-corrected chi connectivity index (χ3v) is 12.4. The molecular formula is C24H36N4O5S3. The molecule has 2 aromatic rings. The van der Waals surface area contributed by atoms with Crippen molar-refractivity contribution in [1.82, 2.24) is 13.6 Å². The molecule has 4 rings (SSSR count). The summed E-state index contributed by atoms with van der Waals surface area (Å²) in [6.07, 6.45) is 4.26. The van der Waals surface area contributed by atoms with Gasteiger partial charge in [0.25, 0.3) is 0 Å². The predicted molar refractivity (Wildman–Crippen MR) is 143 cm³/mol. The summed E-state index contributed by atoms with van der Waals surface area (Å²) >= 11 is 1.56. The first kappa shape index (κ1) is 27.3. The Hall–Kier alpha value is -1.73. The summed E-state index contributed by atoms with van der Waals surface area (Å²) in [6, 6.07) is 1.59. The minimum Gasteiger partial charge on any atom is -0.496 e. The Kier molecular flexibility index (Phi) is 8.30. The van der Waals surface area contributed by atoms with E-state index in [1.54, 1.807) is 46.2 Å². The van der Waals surface area contributed by atoms with E-state index in [1.807, 2.05) is 19.2 Å². The van der Waals surface area contributed by atoms with Gasteiger partial charge in [-0.2, -0.15) is 8.61 Å². The van der Waals surface area contributed by atoms with Gasteiger partial charge in [0.05, 0.1) is 17.8 Å². The number of anilines is 1. The fraction of sp³-hybridized carbons (Fsp3) is 0.625. The fourth-order valence-corrected chi connectivity index (χ4v) is 9.74. The Morgan fingerprint density at radius 1 is 1.06 bits per heavy atom. The SMILES string of the molecule is COc1cc(C)c(S(=O)(=O)N2CCC[C@H]2CCCS(=O)(=O)N2CCN(c3nccs3)CC2)c(C)c1C. The lowest BCUT2D eigenvalue weighted by atomic mass is 10.1. The van der Waals surface area contributed by atoms with E-state index >= 15 is 0 Å². The lowest BCUT2D eigenvalue weighted by Gasteiger charge is -2.34. The summed E-state index contributed by atoms with van der Waals surface area (Å²) < 4.78 is 62.0. The van der Waals surface area contributed by atoms with E-state index < -0.39 is 20.0 Å². The molecule has 3 heterocycles. The molecule has 0 spiro atoms. The first-order valence-electron chi connectivity index (χ1n) is 12.3. The van der Waals surface area contributed by atoms with Crippen LogP contribution >= 0.6 is 11.3 Å². The van der Waals surface area contributed by atoms with Crippen molar-refractivity contribution in [3.8, 4) is 5.75 Å². The van der Waals surface area contributed by atoms with Gasteiger partial charge in [0, 0.05) is 50.3 Å². The molecule has 2 saturated heterocycles. The van der Waals surface area contributed by atoms with E-state index in [-0.39, 0.29) is 11.8 Å². The van der Waals surface area contributed by atoms with Gasteiger partial charge < -0.3 is 9.64 Å². The molecule has 0 amide bonds. The zero-order chi connectivity index (χ0) is 26.1. The molecule has 0 N–H and O–H groups in total. The summed E-state index contributed by atoms with van der Waals surface area (Å²) in [5.74, 6) is 0.716. The van der Waals surface area contributed by atoms with Gasteiger partial charge in [-0.15, -0.1) is 11.3 Å². The average Bonchev–Trinajstić information content (AvgIpc) is 3.54. The maximum Gasteiger partial charge on any atom is 0.243 e. The number of thiazole rings is 1. The molecule has 0 radical (unpaired) electrons. The molecule has 0 saturated carbocycles. The van der Waals surface area contributed by atoms with Crippen LogP contribution in [0.1, 0.15) is 42.4 Å². The number of piperazine rings is 1.